The number of nitrogens with one attached hydrogen (secondary N) is 1. The van der Waals surface area contributed by atoms with Crippen molar-refractivity contribution in [3.8, 4) is 0 Å². The van der Waals surface area contributed by atoms with Crippen LogP contribution in [0.4, 0.5) is 10.1 Å². The Hall–Kier alpha value is -1.09. The van der Waals surface area contributed by atoms with E-state index in [2.05, 4.69) is 17.1 Å². The van der Waals surface area contributed by atoms with E-state index in [0.29, 0.717) is 5.92 Å². The monoisotopic (exact) mass is 236 g/mol. The fourth-order valence-corrected chi connectivity index (χ4v) is 2.57. The minimum Gasteiger partial charge on any atom is -0.388 e. The van der Waals surface area contributed by atoms with Gasteiger partial charge in [0.1, 0.15) is 5.82 Å². The first-order chi connectivity index (χ1) is 8.24. The molecule has 1 aromatic carbocycles. The van der Waals surface area contributed by atoms with Gasteiger partial charge in [-0.15, -0.1) is 0 Å². The van der Waals surface area contributed by atoms with Crippen molar-refractivity contribution in [3.05, 3.63) is 29.6 Å². The quantitative estimate of drug-likeness (QED) is 0.867. The van der Waals surface area contributed by atoms with Crippen molar-refractivity contribution in [2.75, 3.05) is 32.0 Å². The van der Waals surface area contributed by atoms with Crippen LogP contribution in [0.1, 0.15) is 31.2 Å². The number of likely N-dealkylation sites (tertiary alicyclic amines) is 1. The Balaban J connectivity index is 2.08. The summed E-state index contributed by atoms with van der Waals surface area (Å²) in [6, 6.07) is 5.50. The topological polar surface area (TPSA) is 15.3 Å². The first-order valence-electron chi connectivity index (χ1n) is 6.44. The van der Waals surface area contributed by atoms with E-state index in [-0.39, 0.29) is 5.82 Å². The van der Waals surface area contributed by atoms with Gasteiger partial charge in [0.2, 0.25) is 0 Å². The number of benzene rings is 1. The zero-order valence-corrected chi connectivity index (χ0v) is 10.7. The van der Waals surface area contributed by atoms with Crippen LogP contribution in [0, 0.1) is 5.82 Å². The maximum atomic E-state index is 13.9. The summed E-state index contributed by atoms with van der Waals surface area (Å²) in [5.41, 5.74) is 1.73. The zero-order valence-electron chi connectivity index (χ0n) is 10.7. The summed E-state index contributed by atoms with van der Waals surface area (Å²) in [6.07, 6.45) is 2.15. The average molecular weight is 236 g/mol. The lowest BCUT2D eigenvalue weighted by Gasteiger charge is -2.31. The molecule has 1 aliphatic heterocycles. The number of nitrogens with zero attached hydrogens (tertiary/aromatic N) is 1. The molecule has 1 N–H and O–H groups in total. The molecule has 17 heavy (non-hydrogen) atoms. The third kappa shape index (κ3) is 2.78. The third-order valence-corrected chi connectivity index (χ3v) is 3.76. The van der Waals surface area contributed by atoms with Crippen molar-refractivity contribution in [1.82, 2.24) is 4.90 Å². The predicted molar refractivity (Wildman–Crippen MR) is 70.0 cm³/mol. The van der Waals surface area contributed by atoms with E-state index < -0.39 is 0 Å². The summed E-state index contributed by atoms with van der Waals surface area (Å²) in [7, 11) is 1.81. The molecule has 3 heteroatoms. The van der Waals surface area contributed by atoms with Gasteiger partial charge in [-0.1, -0.05) is 13.0 Å². The molecule has 2 rings (SSSR count). The Morgan fingerprint density at radius 1 is 1.35 bits per heavy atom. The van der Waals surface area contributed by atoms with Crippen molar-refractivity contribution in [3.63, 3.8) is 0 Å². The molecule has 0 atom stereocenters. The molecule has 0 bridgehead atoms. The minimum absolute atomic E-state index is 0.0631. The van der Waals surface area contributed by atoms with Gasteiger partial charge in [0.25, 0.3) is 0 Å². The van der Waals surface area contributed by atoms with Crippen molar-refractivity contribution < 1.29 is 4.39 Å². The second kappa shape index (κ2) is 5.50. The van der Waals surface area contributed by atoms with Crippen LogP contribution in [0.5, 0.6) is 0 Å². The summed E-state index contributed by atoms with van der Waals surface area (Å²) >= 11 is 0. The second-order valence-electron chi connectivity index (χ2n) is 4.69. The largest absolute Gasteiger partial charge is 0.388 e. The fourth-order valence-electron chi connectivity index (χ4n) is 2.57. The Bertz CT molecular complexity index is 370. The molecule has 2 nitrogen and oxygen atoms in total. The maximum Gasteiger partial charge on any atom is 0.128 e. The number of rotatable bonds is 3. The van der Waals surface area contributed by atoms with Gasteiger partial charge in [0, 0.05) is 12.7 Å². The van der Waals surface area contributed by atoms with Gasteiger partial charge in [0.05, 0.1) is 0 Å². The summed E-state index contributed by atoms with van der Waals surface area (Å²) in [6.45, 7) is 5.47. The molecule has 94 valence electrons. The van der Waals surface area contributed by atoms with E-state index in [1.807, 2.05) is 19.2 Å². The normalized spacial score (nSPS) is 18.3. The molecule has 0 radical (unpaired) electrons. The number of hydrogen-bond acceptors (Lipinski definition) is 2. The van der Waals surface area contributed by atoms with Crippen LogP contribution in [0.25, 0.3) is 0 Å². The smallest absolute Gasteiger partial charge is 0.128 e. The Morgan fingerprint density at radius 3 is 2.59 bits per heavy atom. The molecule has 0 spiro atoms. The zero-order chi connectivity index (χ0) is 12.3. The highest BCUT2D eigenvalue weighted by atomic mass is 19.1. The van der Waals surface area contributed by atoms with Gasteiger partial charge in [-0.2, -0.15) is 0 Å². The molecule has 0 amide bonds. The molecule has 1 fully saturated rings. The van der Waals surface area contributed by atoms with Gasteiger partial charge < -0.3 is 10.2 Å². The number of anilines is 1. The molecular weight excluding hydrogens is 215 g/mol. The van der Waals surface area contributed by atoms with Crippen molar-refractivity contribution in [2.24, 2.45) is 0 Å². The average Bonchev–Trinajstić information content (AvgIpc) is 2.39. The minimum atomic E-state index is -0.0631. The summed E-state index contributed by atoms with van der Waals surface area (Å²) < 4.78 is 13.9. The highest BCUT2D eigenvalue weighted by Crippen LogP contribution is 2.30. The van der Waals surface area contributed by atoms with Crippen molar-refractivity contribution in [1.29, 1.82) is 0 Å². The Kier molecular flexibility index (Phi) is 4.00. The van der Waals surface area contributed by atoms with E-state index in [1.165, 1.54) is 0 Å². The molecule has 1 aromatic rings. The van der Waals surface area contributed by atoms with Crippen LogP contribution in [0.2, 0.25) is 0 Å². The van der Waals surface area contributed by atoms with Crippen LogP contribution >= 0.6 is 0 Å². The van der Waals surface area contributed by atoms with Crippen LogP contribution in [-0.4, -0.2) is 31.6 Å². The highest BCUT2D eigenvalue weighted by Gasteiger charge is 2.21. The molecule has 0 aliphatic carbocycles. The Labute approximate surface area is 103 Å². The number of hydrogen-bond donors (Lipinski definition) is 1. The molecular formula is C14H21FN2. The summed E-state index contributed by atoms with van der Waals surface area (Å²) in [5.74, 6) is 0.329. The van der Waals surface area contributed by atoms with Gasteiger partial charge in [0.15, 0.2) is 0 Å². The molecule has 0 aromatic heterocycles. The number of piperidine rings is 1. The fraction of sp³-hybridized carbons (Fsp3) is 0.571. The van der Waals surface area contributed by atoms with Gasteiger partial charge >= 0.3 is 0 Å². The predicted octanol–water partition coefficient (Wildman–Crippen LogP) is 3.07. The lowest BCUT2D eigenvalue weighted by Crippen LogP contribution is -2.32. The molecule has 0 saturated carbocycles. The summed E-state index contributed by atoms with van der Waals surface area (Å²) in [5, 5.41) is 2.97. The van der Waals surface area contributed by atoms with E-state index in [4.69, 9.17) is 0 Å². The van der Waals surface area contributed by atoms with Crippen molar-refractivity contribution in [2.45, 2.75) is 25.7 Å². The van der Waals surface area contributed by atoms with Crippen LogP contribution in [0.3, 0.4) is 0 Å². The third-order valence-electron chi connectivity index (χ3n) is 3.76. The van der Waals surface area contributed by atoms with E-state index in [9.17, 15) is 4.39 Å². The van der Waals surface area contributed by atoms with Crippen LogP contribution in [0.15, 0.2) is 18.2 Å². The Morgan fingerprint density at radius 2 is 2.06 bits per heavy atom. The molecule has 1 saturated heterocycles. The lowest BCUT2D eigenvalue weighted by molar-refractivity contribution is 0.220. The van der Waals surface area contributed by atoms with E-state index in [0.717, 1.165) is 43.7 Å². The SMILES string of the molecule is CCN1CCC(c2ccc(NC)cc2F)CC1. The molecule has 1 aliphatic rings. The summed E-state index contributed by atoms with van der Waals surface area (Å²) in [4.78, 5) is 2.43. The number of halogens is 1. The van der Waals surface area contributed by atoms with Gasteiger partial charge in [-0.25, -0.2) is 4.39 Å². The van der Waals surface area contributed by atoms with Gasteiger partial charge in [-0.05, 0) is 56.1 Å². The van der Waals surface area contributed by atoms with Crippen LogP contribution < -0.4 is 5.32 Å². The van der Waals surface area contributed by atoms with E-state index in [1.54, 1.807) is 6.07 Å². The maximum absolute atomic E-state index is 13.9. The van der Waals surface area contributed by atoms with Crippen LogP contribution in [-0.2, 0) is 0 Å². The highest BCUT2D eigenvalue weighted by molar-refractivity contribution is 5.45. The first kappa shape index (κ1) is 12.4. The van der Waals surface area contributed by atoms with Crippen molar-refractivity contribution >= 4 is 5.69 Å². The first-order valence-corrected chi connectivity index (χ1v) is 6.44. The standard InChI is InChI=1S/C14H21FN2/c1-3-17-8-6-11(7-9-17)13-5-4-12(16-2)10-14(13)15/h4-5,10-11,16H,3,6-9H2,1-2H3. The van der Waals surface area contributed by atoms with E-state index >= 15 is 0 Å². The lowest BCUT2D eigenvalue weighted by atomic mass is 9.89. The second-order valence-corrected chi connectivity index (χ2v) is 4.69. The molecule has 1 heterocycles. The van der Waals surface area contributed by atoms with Gasteiger partial charge in [-0.3, -0.25) is 0 Å². The molecule has 0 unspecified atom stereocenters.